The fourth-order valence-corrected chi connectivity index (χ4v) is 2.65. The Labute approximate surface area is 132 Å². The summed E-state index contributed by atoms with van der Waals surface area (Å²) in [6, 6.07) is 1.56. The largest absolute Gasteiger partial charge is 0.480 e. The molecule has 118 valence electrons. The maximum absolute atomic E-state index is 12.0. The van der Waals surface area contributed by atoms with Gasteiger partial charge in [0, 0.05) is 23.1 Å². The van der Waals surface area contributed by atoms with Crippen molar-refractivity contribution in [3.05, 3.63) is 28.3 Å². The van der Waals surface area contributed by atoms with E-state index in [1.165, 1.54) is 22.2 Å². The number of thiazole rings is 1. The SMILES string of the molecule is CC(C)(C)c1nc(CC(=O)Nc2ccn(CC(=O)O)n2)cs1. The molecule has 0 spiro atoms. The number of carboxylic acids is 1. The number of aliphatic carboxylic acids is 1. The molecule has 7 nitrogen and oxygen atoms in total. The lowest BCUT2D eigenvalue weighted by Crippen LogP contribution is -2.16. The van der Waals surface area contributed by atoms with Gasteiger partial charge in [0.15, 0.2) is 5.82 Å². The highest BCUT2D eigenvalue weighted by Crippen LogP contribution is 2.25. The van der Waals surface area contributed by atoms with Crippen LogP contribution in [0.1, 0.15) is 31.5 Å². The lowest BCUT2D eigenvalue weighted by atomic mass is 9.98. The van der Waals surface area contributed by atoms with Crippen LogP contribution in [0.25, 0.3) is 0 Å². The van der Waals surface area contributed by atoms with Gasteiger partial charge in [0.2, 0.25) is 5.91 Å². The van der Waals surface area contributed by atoms with Crippen LogP contribution >= 0.6 is 11.3 Å². The third kappa shape index (κ3) is 4.39. The summed E-state index contributed by atoms with van der Waals surface area (Å²) < 4.78 is 1.25. The van der Waals surface area contributed by atoms with Crippen molar-refractivity contribution < 1.29 is 14.7 Å². The molecule has 2 aromatic rings. The number of nitrogens with zero attached hydrogens (tertiary/aromatic N) is 3. The van der Waals surface area contributed by atoms with E-state index in [1.807, 2.05) is 5.38 Å². The van der Waals surface area contributed by atoms with Crippen LogP contribution in [0.15, 0.2) is 17.6 Å². The van der Waals surface area contributed by atoms with Crippen molar-refractivity contribution in [1.29, 1.82) is 0 Å². The monoisotopic (exact) mass is 322 g/mol. The maximum atomic E-state index is 12.0. The summed E-state index contributed by atoms with van der Waals surface area (Å²) >= 11 is 1.54. The molecule has 0 aliphatic heterocycles. The normalized spacial score (nSPS) is 11.4. The summed E-state index contributed by atoms with van der Waals surface area (Å²) in [5.41, 5.74) is 0.687. The van der Waals surface area contributed by atoms with E-state index in [4.69, 9.17) is 5.11 Å². The molecule has 8 heteroatoms. The Morgan fingerprint density at radius 3 is 2.73 bits per heavy atom. The topological polar surface area (TPSA) is 97.1 Å². The summed E-state index contributed by atoms with van der Waals surface area (Å²) in [7, 11) is 0. The number of nitrogens with one attached hydrogen (secondary N) is 1. The van der Waals surface area contributed by atoms with Crippen molar-refractivity contribution in [2.24, 2.45) is 0 Å². The number of carbonyl (C=O) groups excluding carboxylic acids is 1. The van der Waals surface area contributed by atoms with E-state index in [-0.39, 0.29) is 24.3 Å². The molecular formula is C14H18N4O3S. The van der Waals surface area contributed by atoms with Gasteiger partial charge in [-0.1, -0.05) is 20.8 Å². The zero-order chi connectivity index (χ0) is 16.3. The lowest BCUT2D eigenvalue weighted by molar-refractivity contribution is -0.137. The Hall–Kier alpha value is -2.22. The zero-order valence-electron chi connectivity index (χ0n) is 12.7. The molecule has 0 bridgehead atoms. The van der Waals surface area contributed by atoms with E-state index in [0.29, 0.717) is 5.82 Å². The molecule has 0 aliphatic rings. The van der Waals surface area contributed by atoms with Gasteiger partial charge in [-0.2, -0.15) is 5.10 Å². The molecule has 0 radical (unpaired) electrons. The quantitative estimate of drug-likeness (QED) is 0.876. The molecule has 2 aromatic heterocycles. The van der Waals surface area contributed by atoms with E-state index in [0.717, 1.165) is 10.7 Å². The van der Waals surface area contributed by atoms with Crippen LogP contribution in [-0.2, 0) is 28.0 Å². The van der Waals surface area contributed by atoms with Gasteiger partial charge in [0.25, 0.3) is 0 Å². The molecule has 0 atom stereocenters. The van der Waals surface area contributed by atoms with Gasteiger partial charge < -0.3 is 10.4 Å². The Kier molecular flexibility index (Phi) is 4.60. The Morgan fingerprint density at radius 2 is 2.14 bits per heavy atom. The first-order valence-corrected chi connectivity index (χ1v) is 7.62. The van der Waals surface area contributed by atoms with Crippen LogP contribution in [0.3, 0.4) is 0 Å². The number of carboxylic acid groups (broad SMARTS) is 1. The maximum Gasteiger partial charge on any atom is 0.325 e. The predicted octanol–water partition coefficient (Wildman–Crippen LogP) is 1.90. The second-order valence-electron chi connectivity index (χ2n) is 5.91. The van der Waals surface area contributed by atoms with Gasteiger partial charge in [0.05, 0.1) is 17.1 Å². The highest BCUT2D eigenvalue weighted by Gasteiger charge is 2.19. The van der Waals surface area contributed by atoms with Crippen LogP contribution in [0.2, 0.25) is 0 Å². The van der Waals surface area contributed by atoms with E-state index >= 15 is 0 Å². The van der Waals surface area contributed by atoms with Gasteiger partial charge in [-0.15, -0.1) is 11.3 Å². The molecule has 0 aromatic carbocycles. The fraction of sp³-hybridized carbons (Fsp3) is 0.429. The van der Waals surface area contributed by atoms with Crippen LogP contribution in [-0.4, -0.2) is 31.7 Å². The summed E-state index contributed by atoms with van der Waals surface area (Å²) in [5, 5.41) is 18.1. The van der Waals surface area contributed by atoms with Crippen LogP contribution in [0, 0.1) is 0 Å². The van der Waals surface area contributed by atoms with E-state index in [1.54, 1.807) is 6.07 Å². The molecule has 0 saturated carbocycles. The first-order chi connectivity index (χ1) is 10.2. The second kappa shape index (κ2) is 6.27. The van der Waals surface area contributed by atoms with Crippen molar-refractivity contribution in [2.75, 3.05) is 5.32 Å². The summed E-state index contributed by atoms with van der Waals surface area (Å²) in [4.78, 5) is 27.0. The van der Waals surface area contributed by atoms with Gasteiger partial charge in [-0.05, 0) is 0 Å². The lowest BCUT2D eigenvalue weighted by Gasteiger charge is -2.13. The molecule has 2 N–H and O–H groups in total. The summed E-state index contributed by atoms with van der Waals surface area (Å²) in [6.45, 7) is 5.98. The van der Waals surface area contributed by atoms with Gasteiger partial charge >= 0.3 is 5.97 Å². The molecular weight excluding hydrogens is 304 g/mol. The van der Waals surface area contributed by atoms with Crippen molar-refractivity contribution in [1.82, 2.24) is 14.8 Å². The Morgan fingerprint density at radius 1 is 1.41 bits per heavy atom. The number of hydrogen-bond acceptors (Lipinski definition) is 5. The number of anilines is 1. The Balaban J connectivity index is 1.94. The molecule has 0 saturated heterocycles. The average Bonchev–Trinajstić information content (AvgIpc) is 2.97. The van der Waals surface area contributed by atoms with Crippen LogP contribution in [0.4, 0.5) is 5.82 Å². The molecule has 22 heavy (non-hydrogen) atoms. The van der Waals surface area contributed by atoms with E-state index in [2.05, 4.69) is 36.2 Å². The first kappa shape index (κ1) is 16.2. The smallest absolute Gasteiger partial charge is 0.325 e. The minimum Gasteiger partial charge on any atom is -0.480 e. The molecule has 0 aliphatic carbocycles. The second-order valence-corrected chi connectivity index (χ2v) is 6.77. The molecule has 0 unspecified atom stereocenters. The molecule has 2 rings (SSSR count). The summed E-state index contributed by atoms with van der Waals surface area (Å²) in [6.07, 6.45) is 1.67. The van der Waals surface area contributed by atoms with Crippen molar-refractivity contribution >= 4 is 29.0 Å². The molecule has 1 amide bonds. The van der Waals surface area contributed by atoms with E-state index < -0.39 is 5.97 Å². The number of carbonyl (C=O) groups is 2. The minimum absolute atomic E-state index is 0.0327. The van der Waals surface area contributed by atoms with Gasteiger partial charge in [0.1, 0.15) is 6.54 Å². The predicted molar refractivity (Wildman–Crippen MR) is 83.0 cm³/mol. The van der Waals surface area contributed by atoms with Crippen LogP contribution < -0.4 is 5.32 Å². The average molecular weight is 322 g/mol. The fourth-order valence-electron chi connectivity index (χ4n) is 1.74. The number of aromatic nitrogens is 3. The zero-order valence-corrected chi connectivity index (χ0v) is 13.5. The van der Waals surface area contributed by atoms with Crippen molar-refractivity contribution in [3.63, 3.8) is 0 Å². The van der Waals surface area contributed by atoms with Gasteiger partial charge in [-0.25, -0.2) is 4.98 Å². The highest BCUT2D eigenvalue weighted by atomic mass is 32.1. The van der Waals surface area contributed by atoms with Gasteiger partial charge in [-0.3, -0.25) is 14.3 Å². The third-order valence-electron chi connectivity index (χ3n) is 2.74. The van der Waals surface area contributed by atoms with Crippen LogP contribution in [0.5, 0.6) is 0 Å². The third-order valence-corrected chi connectivity index (χ3v) is 4.06. The first-order valence-electron chi connectivity index (χ1n) is 6.74. The number of hydrogen-bond donors (Lipinski definition) is 2. The highest BCUT2D eigenvalue weighted by molar-refractivity contribution is 7.09. The number of amides is 1. The molecule has 0 fully saturated rings. The molecule has 2 heterocycles. The van der Waals surface area contributed by atoms with E-state index in [9.17, 15) is 9.59 Å². The van der Waals surface area contributed by atoms with Crippen molar-refractivity contribution in [3.8, 4) is 0 Å². The standard InChI is InChI=1S/C14H18N4O3S/c1-14(2,3)13-15-9(8-22-13)6-11(19)16-10-4-5-18(17-10)7-12(20)21/h4-5,8H,6-7H2,1-3H3,(H,20,21)(H,16,17,19). The number of rotatable bonds is 5. The Bertz CT molecular complexity index is 684. The summed E-state index contributed by atoms with van der Waals surface area (Å²) in [5.74, 6) is -0.887. The van der Waals surface area contributed by atoms with Crippen molar-refractivity contribution in [2.45, 2.75) is 39.2 Å². The minimum atomic E-state index is -0.988.